The second kappa shape index (κ2) is 5.80. The zero-order chi connectivity index (χ0) is 12.3. The summed E-state index contributed by atoms with van der Waals surface area (Å²) in [6.07, 6.45) is 3.44. The highest BCUT2D eigenvalue weighted by Crippen LogP contribution is 2.21. The largest absolute Gasteiger partial charge is 0.393 e. The van der Waals surface area contributed by atoms with Gasteiger partial charge in [0.15, 0.2) is 0 Å². The van der Waals surface area contributed by atoms with Crippen LogP contribution in [0.3, 0.4) is 0 Å². The van der Waals surface area contributed by atoms with E-state index >= 15 is 0 Å². The summed E-state index contributed by atoms with van der Waals surface area (Å²) in [6.45, 7) is 0.420. The molecule has 0 aliphatic heterocycles. The molecule has 1 fully saturated rings. The van der Waals surface area contributed by atoms with Crippen molar-refractivity contribution < 1.29 is 9.50 Å². The molecule has 2 nitrogen and oxygen atoms in total. The van der Waals surface area contributed by atoms with Crippen molar-refractivity contribution in [2.24, 2.45) is 0 Å². The quantitative estimate of drug-likeness (QED) is 0.873. The average molecular weight is 258 g/mol. The van der Waals surface area contributed by atoms with Crippen LogP contribution < -0.4 is 5.32 Å². The maximum atomic E-state index is 13.5. The summed E-state index contributed by atoms with van der Waals surface area (Å²) in [5, 5.41) is 13.3. The fourth-order valence-corrected chi connectivity index (χ4v) is 2.53. The monoisotopic (exact) mass is 257 g/mol. The molecule has 0 heterocycles. The summed E-state index contributed by atoms with van der Waals surface area (Å²) in [5.41, 5.74) is 0.509. The van der Waals surface area contributed by atoms with Crippen LogP contribution in [0.5, 0.6) is 0 Å². The number of benzene rings is 1. The molecule has 2 rings (SSSR count). The van der Waals surface area contributed by atoms with Gasteiger partial charge in [-0.2, -0.15) is 0 Å². The van der Waals surface area contributed by atoms with Crippen molar-refractivity contribution in [1.82, 2.24) is 5.32 Å². The van der Waals surface area contributed by atoms with Crippen molar-refractivity contribution >= 4 is 11.6 Å². The van der Waals surface area contributed by atoms with E-state index in [1.807, 2.05) is 0 Å². The third-order valence-corrected chi connectivity index (χ3v) is 3.63. The van der Waals surface area contributed by atoms with E-state index in [1.165, 1.54) is 6.07 Å². The summed E-state index contributed by atoms with van der Waals surface area (Å²) in [6, 6.07) is 4.97. The van der Waals surface area contributed by atoms with Crippen LogP contribution in [-0.2, 0) is 6.54 Å². The Kier molecular flexibility index (Phi) is 4.37. The molecule has 1 aromatic carbocycles. The van der Waals surface area contributed by atoms with Gasteiger partial charge in [0.05, 0.1) is 6.10 Å². The molecule has 1 aliphatic rings. The second-order valence-corrected chi connectivity index (χ2v) is 5.01. The van der Waals surface area contributed by atoms with Crippen molar-refractivity contribution in [2.75, 3.05) is 0 Å². The summed E-state index contributed by atoms with van der Waals surface area (Å²) < 4.78 is 13.5. The van der Waals surface area contributed by atoms with Gasteiger partial charge in [-0.1, -0.05) is 17.7 Å². The minimum atomic E-state index is -0.277. The van der Waals surface area contributed by atoms with E-state index in [9.17, 15) is 9.50 Å². The first kappa shape index (κ1) is 12.8. The lowest BCUT2D eigenvalue weighted by atomic mass is 9.93. The van der Waals surface area contributed by atoms with E-state index in [2.05, 4.69) is 5.32 Å². The number of halogens is 2. The summed E-state index contributed by atoms with van der Waals surface area (Å²) in [4.78, 5) is 0. The molecule has 1 saturated carbocycles. The normalized spacial score (nSPS) is 24.9. The summed E-state index contributed by atoms with van der Waals surface area (Å²) in [5.74, 6) is -0.277. The lowest BCUT2D eigenvalue weighted by Gasteiger charge is -2.27. The SMILES string of the molecule is OC1CCCC(NCc2c(F)cccc2Cl)C1. The Balaban J connectivity index is 1.93. The fraction of sp³-hybridized carbons (Fsp3) is 0.538. The Hall–Kier alpha value is -0.640. The van der Waals surface area contributed by atoms with E-state index in [0.717, 1.165) is 25.7 Å². The van der Waals surface area contributed by atoms with Gasteiger partial charge >= 0.3 is 0 Å². The molecule has 0 aromatic heterocycles. The van der Waals surface area contributed by atoms with Gasteiger partial charge in [-0.05, 0) is 37.8 Å². The molecule has 0 saturated heterocycles. The predicted molar refractivity (Wildman–Crippen MR) is 66.5 cm³/mol. The minimum absolute atomic E-state index is 0.225. The molecular formula is C13H17ClFNO. The van der Waals surface area contributed by atoms with Crippen molar-refractivity contribution in [3.63, 3.8) is 0 Å². The highest BCUT2D eigenvalue weighted by Gasteiger charge is 2.20. The second-order valence-electron chi connectivity index (χ2n) is 4.60. The van der Waals surface area contributed by atoms with Gasteiger partial charge in [-0.25, -0.2) is 4.39 Å². The Bertz CT molecular complexity index is 365. The molecular weight excluding hydrogens is 241 g/mol. The molecule has 1 aromatic rings. The molecule has 2 unspecified atom stereocenters. The first-order chi connectivity index (χ1) is 8.16. The number of nitrogens with one attached hydrogen (secondary N) is 1. The Morgan fingerprint density at radius 3 is 2.94 bits per heavy atom. The molecule has 0 radical (unpaired) electrons. The van der Waals surface area contributed by atoms with Crippen LogP contribution in [0.2, 0.25) is 5.02 Å². The van der Waals surface area contributed by atoms with E-state index in [0.29, 0.717) is 17.1 Å². The maximum absolute atomic E-state index is 13.5. The van der Waals surface area contributed by atoms with Gasteiger partial charge in [-0.3, -0.25) is 0 Å². The highest BCUT2D eigenvalue weighted by molar-refractivity contribution is 6.31. The number of aliphatic hydroxyl groups excluding tert-OH is 1. The molecule has 0 bridgehead atoms. The fourth-order valence-electron chi connectivity index (χ4n) is 2.30. The Labute approximate surface area is 106 Å². The summed E-state index contributed by atoms with van der Waals surface area (Å²) in [7, 11) is 0. The van der Waals surface area contributed by atoms with Crippen LogP contribution in [0.1, 0.15) is 31.2 Å². The van der Waals surface area contributed by atoms with Gasteiger partial charge in [0, 0.05) is 23.2 Å². The number of rotatable bonds is 3. The van der Waals surface area contributed by atoms with Gasteiger partial charge in [-0.15, -0.1) is 0 Å². The highest BCUT2D eigenvalue weighted by atomic mass is 35.5. The molecule has 17 heavy (non-hydrogen) atoms. The molecule has 1 aliphatic carbocycles. The lowest BCUT2D eigenvalue weighted by Crippen LogP contribution is -2.35. The third-order valence-electron chi connectivity index (χ3n) is 3.28. The van der Waals surface area contributed by atoms with Crippen LogP contribution in [0, 0.1) is 5.82 Å². The lowest BCUT2D eigenvalue weighted by molar-refractivity contribution is 0.111. The van der Waals surface area contributed by atoms with Crippen LogP contribution in [0.15, 0.2) is 18.2 Å². The zero-order valence-corrected chi connectivity index (χ0v) is 10.4. The van der Waals surface area contributed by atoms with Gasteiger partial charge in [0.25, 0.3) is 0 Å². The van der Waals surface area contributed by atoms with Crippen LogP contribution >= 0.6 is 11.6 Å². The Morgan fingerprint density at radius 2 is 2.24 bits per heavy atom. The Morgan fingerprint density at radius 1 is 1.41 bits per heavy atom. The molecule has 4 heteroatoms. The van der Waals surface area contributed by atoms with Crippen LogP contribution in [0.25, 0.3) is 0 Å². The minimum Gasteiger partial charge on any atom is -0.393 e. The number of aliphatic hydroxyl groups is 1. The van der Waals surface area contributed by atoms with E-state index in [1.54, 1.807) is 12.1 Å². The number of hydrogen-bond donors (Lipinski definition) is 2. The molecule has 2 atom stereocenters. The van der Waals surface area contributed by atoms with Gasteiger partial charge in [0.2, 0.25) is 0 Å². The first-order valence-electron chi connectivity index (χ1n) is 6.01. The molecule has 0 amide bonds. The summed E-state index contributed by atoms with van der Waals surface area (Å²) >= 11 is 5.95. The van der Waals surface area contributed by atoms with Crippen molar-refractivity contribution in [1.29, 1.82) is 0 Å². The average Bonchev–Trinajstić information content (AvgIpc) is 2.28. The first-order valence-corrected chi connectivity index (χ1v) is 6.39. The zero-order valence-electron chi connectivity index (χ0n) is 9.63. The van der Waals surface area contributed by atoms with Crippen molar-refractivity contribution in [2.45, 2.75) is 44.4 Å². The van der Waals surface area contributed by atoms with E-state index in [4.69, 9.17) is 11.6 Å². The van der Waals surface area contributed by atoms with Crippen LogP contribution in [0.4, 0.5) is 4.39 Å². The van der Waals surface area contributed by atoms with Gasteiger partial charge in [0.1, 0.15) is 5.82 Å². The topological polar surface area (TPSA) is 32.3 Å². The molecule has 94 valence electrons. The maximum Gasteiger partial charge on any atom is 0.129 e. The standard InChI is InChI=1S/C13H17ClFNO/c14-12-5-2-6-13(15)11(12)8-16-9-3-1-4-10(17)7-9/h2,5-6,9-10,16-17H,1,3-4,7-8H2. The number of hydrogen-bond acceptors (Lipinski definition) is 2. The van der Waals surface area contributed by atoms with Crippen molar-refractivity contribution in [3.05, 3.63) is 34.6 Å². The smallest absolute Gasteiger partial charge is 0.129 e. The van der Waals surface area contributed by atoms with Gasteiger partial charge < -0.3 is 10.4 Å². The van der Waals surface area contributed by atoms with E-state index in [-0.39, 0.29) is 18.0 Å². The predicted octanol–water partition coefficient (Wildman–Crippen LogP) is 2.87. The van der Waals surface area contributed by atoms with Crippen LogP contribution in [-0.4, -0.2) is 17.3 Å². The molecule has 0 spiro atoms. The van der Waals surface area contributed by atoms with E-state index < -0.39 is 0 Å². The third kappa shape index (κ3) is 3.41. The molecule has 2 N–H and O–H groups in total. The van der Waals surface area contributed by atoms with Crippen molar-refractivity contribution in [3.8, 4) is 0 Å².